The number of carbonyl (C=O) groups is 1. The summed E-state index contributed by atoms with van der Waals surface area (Å²) in [5.41, 5.74) is 1.72. The van der Waals surface area contributed by atoms with E-state index in [1.807, 2.05) is 12.1 Å². The van der Waals surface area contributed by atoms with Crippen molar-refractivity contribution in [2.24, 2.45) is 0 Å². The Morgan fingerprint density at radius 3 is 2.18 bits per heavy atom. The van der Waals surface area contributed by atoms with Gasteiger partial charge in [0.05, 0.1) is 6.26 Å². The smallest absolute Gasteiger partial charge is 0.317 e. The lowest BCUT2D eigenvalue weighted by Gasteiger charge is -2.39. The first-order valence-corrected chi connectivity index (χ1v) is 15.5. The predicted octanol–water partition coefficient (Wildman–Crippen LogP) is 5.35. The molecule has 9 heteroatoms. The number of nitrogens with zero attached hydrogens (tertiary/aromatic N) is 2. The van der Waals surface area contributed by atoms with Crippen molar-refractivity contribution < 1.29 is 17.9 Å². The summed E-state index contributed by atoms with van der Waals surface area (Å²) in [6.45, 7) is 5.81. The van der Waals surface area contributed by atoms with Crippen LogP contribution in [-0.2, 0) is 16.6 Å². The van der Waals surface area contributed by atoms with Crippen LogP contribution in [0.15, 0.2) is 60.7 Å². The molecule has 1 aliphatic carbocycles. The molecule has 0 saturated carbocycles. The molecule has 2 amide bonds. The van der Waals surface area contributed by atoms with Crippen LogP contribution >= 0.6 is 0 Å². The van der Waals surface area contributed by atoms with Crippen LogP contribution in [0.3, 0.4) is 0 Å². The highest BCUT2D eigenvalue weighted by Gasteiger charge is 2.29. The normalized spacial score (nSPS) is 16.9. The topological polar surface area (TPSA) is 91.0 Å². The number of carbonyl (C=O) groups excluding carboxylic acids is 1. The van der Waals surface area contributed by atoms with Gasteiger partial charge in [0.1, 0.15) is 11.5 Å². The van der Waals surface area contributed by atoms with Crippen LogP contribution in [0.1, 0.15) is 51.0 Å². The molecular formula is C29H40N4O4S. The van der Waals surface area contributed by atoms with Gasteiger partial charge >= 0.3 is 6.03 Å². The van der Waals surface area contributed by atoms with Crippen molar-refractivity contribution in [1.82, 2.24) is 15.1 Å². The predicted molar refractivity (Wildman–Crippen MR) is 152 cm³/mol. The van der Waals surface area contributed by atoms with Gasteiger partial charge in [-0.3, -0.25) is 9.62 Å². The van der Waals surface area contributed by atoms with Gasteiger partial charge in [-0.05, 0) is 74.1 Å². The number of unbranched alkanes of at least 4 members (excludes halogenated alkanes) is 1. The lowest BCUT2D eigenvalue weighted by Crippen LogP contribution is -2.52. The van der Waals surface area contributed by atoms with Gasteiger partial charge in [0.15, 0.2) is 0 Å². The van der Waals surface area contributed by atoms with Crippen molar-refractivity contribution in [3.8, 4) is 11.5 Å². The zero-order valence-corrected chi connectivity index (χ0v) is 23.3. The van der Waals surface area contributed by atoms with Crippen LogP contribution in [0.2, 0.25) is 0 Å². The molecule has 8 nitrogen and oxygen atoms in total. The average molecular weight is 541 g/mol. The van der Waals surface area contributed by atoms with Gasteiger partial charge in [-0.25, -0.2) is 13.2 Å². The van der Waals surface area contributed by atoms with E-state index in [0.717, 1.165) is 76.7 Å². The molecule has 0 unspecified atom stereocenters. The summed E-state index contributed by atoms with van der Waals surface area (Å²) < 4.78 is 31.1. The molecule has 206 valence electrons. The highest BCUT2D eigenvalue weighted by molar-refractivity contribution is 7.92. The number of hydrogen-bond acceptors (Lipinski definition) is 5. The first-order valence-electron chi connectivity index (χ1n) is 13.6. The third-order valence-corrected chi connectivity index (χ3v) is 7.68. The van der Waals surface area contributed by atoms with Gasteiger partial charge in [0.25, 0.3) is 0 Å². The number of ether oxygens (including phenoxy) is 1. The fourth-order valence-electron chi connectivity index (χ4n) is 5.02. The number of rotatable bonds is 11. The third kappa shape index (κ3) is 8.49. The number of benzene rings is 2. The van der Waals surface area contributed by atoms with Crippen molar-refractivity contribution in [3.63, 3.8) is 0 Å². The Hall–Kier alpha value is -3.04. The van der Waals surface area contributed by atoms with E-state index >= 15 is 0 Å². The standard InChI is InChI=1S/C29H40N4O4S/c1-3-4-19-33(29(34)30-24-7-5-6-8-24)26-17-20-32(21-18-26)22-23-9-13-27(14-10-23)37-28-15-11-25(12-16-28)31-38(2,35)36/h5-6,9-16,24,26,31H,3-4,7-8,17-22H2,1-2H3,(H,30,34). The Balaban J connectivity index is 1.25. The lowest BCUT2D eigenvalue weighted by molar-refractivity contribution is 0.115. The van der Waals surface area contributed by atoms with Crippen LogP contribution in [0.25, 0.3) is 0 Å². The summed E-state index contributed by atoms with van der Waals surface area (Å²) in [5, 5.41) is 3.24. The molecule has 0 bridgehead atoms. The van der Waals surface area contributed by atoms with E-state index in [-0.39, 0.29) is 12.1 Å². The minimum Gasteiger partial charge on any atom is -0.457 e. The second-order valence-corrected chi connectivity index (χ2v) is 12.0. The van der Waals surface area contributed by atoms with Crippen molar-refractivity contribution in [2.45, 2.75) is 64.1 Å². The van der Waals surface area contributed by atoms with Gasteiger partial charge in [0, 0.05) is 44.0 Å². The summed E-state index contributed by atoms with van der Waals surface area (Å²) in [5.74, 6) is 1.37. The van der Waals surface area contributed by atoms with Gasteiger partial charge in [-0.2, -0.15) is 0 Å². The summed E-state index contributed by atoms with van der Waals surface area (Å²) in [6.07, 6.45) is 11.4. The number of urea groups is 1. The molecule has 1 heterocycles. The van der Waals surface area contributed by atoms with E-state index in [2.05, 4.69) is 51.0 Å². The molecule has 1 aliphatic heterocycles. The lowest BCUT2D eigenvalue weighted by atomic mass is 10.0. The van der Waals surface area contributed by atoms with Gasteiger partial charge in [0.2, 0.25) is 10.0 Å². The van der Waals surface area contributed by atoms with Gasteiger partial charge in [-0.1, -0.05) is 37.6 Å². The number of amides is 2. The molecule has 2 aromatic carbocycles. The fraction of sp³-hybridized carbons (Fsp3) is 0.483. The molecule has 0 spiro atoms. The minimum absolute atomic E-state index is 0.0995. The maximum absolute atomic E-state index is 13.0. The van der Waals surface area contributed by atoms with Crippen LogP contribution in [0.5, 0.6) is 11.5 Å². The molecule has 4 rings (SSSR count). The van der Waals surface area contributed by atoms with Crippen LogP contribution < -0.4 is 14.8 Å². The number of nitrogens with one attached hydrogen (secondary N) is 2. The third-order valence-electron chi connectivity index (χ3n) is 7.07. The molecule has 2 N–H and O–H groups in total. The Bertz CT molecular complexity index is 1170. The summed E-state index contributed by atoms with van der Waals surface area (Å²) in [4.78, 5) is 17.6. The van der Waals surface area contributed by atoms with Crippen LogP contribution in [0, 0.1) is 0 Å². The summed E-state index contributed by atoms with van der Waals surface area (Å²) >= 11 is 0. The van der Waals surface area contributed by atoms with E-state index in [4.69, 9.17) is 4.74 Å². The highest BCUT2D eigenvalue weighted by Crippen LogP contribution is 2.25. The van der Waals surface area contributed by atoms with Crippen LogP contribution in [0.4, 0.5) is 10.5 Å². The number of piperidine rings is 1. The average Bonchev–Trinajstić information content (AvgIpc) is 3.40. The molecule has 0 radical (unpaired) electrons. The molecule has 1 saturated heterocycles. The van der Waals surface area contributed by atoms with Crippen LogP contribution in [-0.4, -0.2) is 62.2 Å². The zero-order chi connectivity index (χ0) is 27.0. The van der Waals surface area contributed by atoms with E-state index in [1.54, 1.807) is 24.3 Å². The quantitative estimate of drug-likeness (QED) is 0.375. The molecule has 2 aromatic rings. The minimum atomic E-state index is -3.30. The maximum atomic E-state index is 13.0. The number of hydrogen-bond donors (Lipinski definition) is 2. The SMILES string of the molecule is CCCCN(C(=O)NC1CC=CC1)C1CCN(Cc2ccc(Oc3ccc(NS(C)(=O)=O)cc3)cc2)CC1. The van der Waals surface area contributed by atoms with Gasteiger partial charge < -0.3 is 15.0 Å². The number of anilines is 1. The van der Waals surface area contributed by atoms with Crippen molar-refractivity contribution in [3.05, 3.63) is 66.2 Å². The van der Waals surface area contributed by atoms with E-state index in [0.29, 0.717) is 17.5 Å². The highest BCUT2D eigenvalue weighted by atomic mass is 32.2. The largest absolute Gasteiger partial charge is 0.457 e. The molecule has 0 atom stereocenters. The number of sulfonamides is 1. The molecule has 2 aliphatic rings. The molecule has 1 fully saturated rings. The number of likely N-dealkylation sites (tertiary alicyclic amines) is 1. The fourth-order valence-corrected chi connectivity index (χ4v) is 5.59. The van der Waals surface area contributed by atoms with E-state index < -0.39 is 10.0 Å². The van der Waals surface area contributed by atoms with E-state index in [9.17, 15) is 13.2 Å². The summed E-state index contributed by atoms with van der Waals surface area (Å²) in [7, 11) is -3.30. The Labute approximate surface area is 227 Å². The maximum Gasteiger partial charge on any atom is 0.317 e. The van der Waals surface area contributed by atoms with Crippen molar-refractivity contribution >= 4 is 21.7 Å². The van der Waals surface area contributed by atoms with Gasteiger partial charge in [-0.15, -0.1) is 0 Å². The molecular weight excluding hydrogens is 500 g/mol. The van der Waals surface area contributed by atoms with Crippen molar-refractivity contribution in [2.75, 3.05) is 30.6 Å². The second-order valence-electron chi connectivity index (χ2n) is 10.3. The van der Waals surface area contributed by atoms with Crippen molar-refractivity contribution in [1.29, 1.82) is 0 Å². The first kappa shape index (κ1) is 28.0. The zero-order valence-electron chi connectivity index (χ0n) is 22.4. The monoisotopic (exact) mass is 540 g/mol. The molecule has 38 heavy (non-hydrogen) atoms. The molecule has 0 aromatic heterocycles. The first-order chi connectivity index (χ1) is 18.3. The van der Waals surface area contributed by atoms with E-state index in [1.165, 1.54) is 5.56 Å². The Morgan fingerprint density at radius 1 is 1.00 bits per heavy atom. The Morgan fingerprint density at radius 2 is 1.61 bits per heavy atom. The Kier molecular flexibility index (Phi) is 9.69. The second kappa shape index (κ2) is 13.2. The summed E-state index contributed by atoms with van der Waals surface area (Å²) in [6, 6.07) is 15.5.